The Hall–Kier alpha value is -1.69. The molecule has 1 heterocycles. The predicted molar refractivity (Wildman–Crippen MR) is 75.6 cm³/mol. The topological polar surface area (TPSA) is 70.6 Å². The van der Waals surface area contributed by atoms with Crippen LogP contribution in [0.15, 0.2) is 33.8 Å². The van der Waals surface area contributed by atoms with Crippen molar-refractivity contribution in [3.63, 3.8) is 0 Å². The van der Waals surface area contributed by atoms with Gasteiger partial charge >= 0.3 is 0 Å². The van der Waals surface area contributed by atoms with Crippen molar-refractivity contribution in [1.29, 1.82) is 0 Å². The molecule has 0 bridgehead atoms. The molecule has 0 radical (unpaired) electrons. The molecule has 0 spiro atoms. The minimum atomic E-state index is -0.631. The summed E-state index contributed by atoms with van der Waals surface area (Å²) in [4.78, 5) is 23.3. The number of hydrogen-bond acceptors (Lipinski definition) is 3. The number of benzene rings is 1. The molecule has 1 fully saturated rings. The third-order valence-electron chi connectivity index (χ3n) is 2.84. The Morgan fingerprint density at radius 1 is 1.53 bits per heavy atom. The van der Waals surface area contributed by atoms with Crippen molar-refractivity contribution in [2.24, 2.45) is 11.0 Å². The van der Waals surface area contributed by atoms with Crippen LogP contribution in [-0.2, 0) is 9.59 Å². The van der Waals surface area contributed by atoms with E-state index in [1.54, 1.807) is 6.21 Å². The molecule has 0 saturated carbocycles. The van der Waals surface area contributed by atoms with Crippen molar-refractivity contribution in [3.8, 4) is 0 Å². The highest BCUT2D eigenvalue weighted by atomic mass is 79.9. The maximum Gasteiger partial charge on any atom is 0.252 e. The normalized spacial score (nSPS) is 19.2. The molecule has 19 heavy (non-hydrogen) atoms. The third kappa shape index (κ3) is 3.89. The van der Waals surface area contributed by atoms with Gasteiger partial charge in [-0.15, -0.1) is 0 Å². The van der Waals surface area contributed by atoms with Gasteiger partial charge in [0.25, 0.3) is 5.91 Å². The first-order chi connectivity index (χ1) is 9.16. The van der Waals surface area contributed by atoms with Crippen LogP contribution in [0.25, 0.3) is 0 Å². The van der Waals surface area contributed by atoms with Gasteiger partial charge in [-0.3, -0.25) is 9.59 Å². The van der Waals surface area contributed by atoms with Gasteiger partial charge in [0, 0.05) is 11.0 Å². The zero-order valence-electron chi connectivity index (χ0n) is 10.2. The molecule has 6 heteroatoms. The number of nitrogens with zero attached hydrogens (tertiary/aromatic N) is 1. The van der Waals surface area contributed by atoms with E-state index in [2.05, 4.69) is 31.8 Å². The smallest absolute Gasteiger partial charge is 0.252 e. The van der Waals surface area contributed by atoms with Crippen LogP contribution in [0, 0.1) is 5.92 Å². The lowest BCUT2D eigenvalue weighted by molar-refractivity contribution is -0.136. The number of amides is 2. The van der Waals surface area contributed by atoms with Crippen LogP contribution in [0.1, 0.15) is 18.4 Å². The van der Waals surface area contributed by atoms with Gasteiger partial charge in [0.15, 0.2) is 0 Å². The summed E-state index contributed by atoms with van der Waals surface area (Å²) in [6, 6.07) is 7.53. The van der Waals surface area contributed by atoms with Crippen LogP contribution >= 0.6 is 15.9 Å². The fraction of sp³-hybridized carbons (Fsp3) is 0.308. The lowest BCUT2D eigenvalue weighted by Crippen LogP contribution is -2.43. The van der Waals surface area contributed by atoms with Gasteiger partial charge in [0.05, 0.1) is 6.21 Å². The Balaban J connectivity index is 1.91. The Kier molecular flexibility index (Phi) is 4.68. The van der Waals surface area contributed by atoms with Gasteiger partial charge < -0.3 is 5.32 Å². The van der Waals surface area contributed by atoms with Crippen LogP contribution in [0.2, 0.25) is 0 Å². The molecule has 1 aliphatic rings. The Morgan fingerprint density at radius 3 is 3.11 bits per heavy atom. The van der Waals surface area contributed by atoms with Gasteiger partial charge in [-0.05, 0) is 30.5 Å². The van der Waals surface area contributed by atoms with E-state index < -0.39 is 5.92 Å². The first kappa shape index (κ1) is 13.7. The number of piperidine rings is 1. The molecule has 1 aromatic rings. The van der Waals surface area contributed by atoms with Crippen molar-refractivity contribution in [2.45, 2.75) is 12.8 Å². The molecule has 5 nitrogen and oxygen atoms in total. The van der Waals surface area contributed by atoms with Gasteiger partial charge in [-0.2, -0.15) is 5.10 Å². The summed E-state index contributed by atoms with van der Waals surface area (Å²) in [5.41, 5.74) is 3.27. The predicted octanol–water partition coefficient (Wildman–Crippen LogP) is 1.43. The van der Waals surface area contributed by atoms with Crippen molar-refractivity contribution in [2.75, 3.05) is 6.54 Å². The summed E-state index contributed by atoms with van der Waals surface area (Å²) in [5.74, 6) is -1.21. The molecule has 2 rings (SSSR count). The second-order valence-corrected chi connectivity index (χ2v) is 5.19. The molecule has 0 aliphatic carbocycles. The summed E-state index contributed by atoms with van der Waals surface area (Å²) in [5, 5.41) is 6.54. The van der Waals surface area contributed by atoms with E-state index in [9.17, 15) is 9.59 Å². The monoisotopic (exact) mass is 323 g/mol. The minimum Gasteiger partial charge on any atom is -0.355 e. The highest BCUT2D eigenvalue weighted by Gasteiger charge is 2.28. The van der Waals surface area contributed by atoms with Crippen LogP contribution < -0.4 is 10.7 Å². The lowest BCUT2D eigenvalue weighted by Gasteiger charge is -2.19. The molecule has 0 aromatic heterocycles. The largest absolute Gasteiger partial charge is 0.355 e. The fourth-order valence-corrected chi connectivity index (χ4v) is 2.27. The van der Waals surface area contributed by atoms with Crippen LogP contribution in [0.4, 0.5) is 0 Å². The highest BCUT2D eigenvalue weighted by Crippen LogP contribution is 2.11. The number of nitrogens with one attached hydrogen (secondary N) is 2. The number of rotatable bonds is 3. The molecule has 1 saturated heterocycles. The molecule has 1 aromatic carbocycles. The zero-order chi connectivity index (χ0) is 13.7. The first-order valence-corrected chi connectivity index (χ1v) is 6.82. The molecule has 2 amide bonds. The van der Waals surface area contributed by atoms with E-state index in [0.717, 1.165) is 16.5 Å². The van der Waals surface area contributed by atoms with E-state index in [4.69, 9.17) is 0 Å². The minimum absolute atomic E-state index is 0.221. The standard InChI is InChI=1S/C13H14BrN3O2/c14-10-4-1-3-9(7-10)8-16-17-13(19)11-5-2-6-15-12(11)18/h1,3-4,7-8,11H,2,5-6H2,(H,15,18)(H,17,19)/b16-8-/t11-/m1/s1. The number of hydrazone groups is 1. The van der Waals surface area contributed by atoms with Gasteiger partial charge in [0.2, 0.25) is 5.91 Å². The number of carbonyl (C=O) groups is 2. The zero-order valence-corrected chi connectivity index (χ0v) is 11.8. The fourth-order valence-electron chi connectivity index (χ4n) is 1.86. The average Bonchev–Trinajstić information content (AvgIpc) is 2.39. The molecule has 0 unspecified atom stereocenters. The molecule has 1 aliphatic heterocycles. The van der Waals surface area contributed by atoms with E-state index in [0.29, 0.717) is 13.0 Å². The van der Waals surface area contributed by atoms with Crippen LogP contribution in [0.5, 0.6) is 0 Å². The second-order valence-electron chi connectivity index (χ2n) is 4.28. The van der Waals surface area contributed by atoms with Crippen molar-refractivity contribution < 1.29 is 9.59 Å². The highest BCUT2D eigenvalue weighted by molar-refractivity contribution is 9.10. The Morgan fingerprint density at radius 2 is 2.37 bits per heavy atom. The maximum absolute atomic E-state index is 11.8. The molecule has 100 valence electrons. The Bertz CT molecular complexity index is 516. The Labute approximate surface area is 119 Å². The van der Waals surface area contributed by atoms with Crippen LogP contribution in [-0.4, -0.2) is 24.6 Å². The number of carbonyl (C=O) groups excluding carboxylic acids is 2. The van der Waals surface area contributed by atoms with Crippen molar-refractivity contribution >= 4 is 34.0 Å². The van der Waals surface area contributed by atoms with Gasteiger partial charge in [-0.1, -0.05) is 28.1 Å². The van der Waals surface area contributed by atoms with Gasteiger partial charge in [0.1, 0.15) is 5.92 Å². The quantitative estimate of drug-likeness (QED) is 0.502. The first-order valence-electron chi connectivity index (χ1n) is 6.03. The molecule has 1 atom stereocenters. The molecular formula is C13H14BrN3O2. The third-order valence-corrected chi connectivity index (χ3v) is 3.33. The van der Waals surface area contributed by atoms with Crippen molar-refractivity contribution in [3.05, 3.63) is 34.3 Å². The summed E-state index contributed by atoms with van der Waals surface area (Å²) < 4.78 is 0.939. The van der Waals surface area contributed by atoms with Crippen LogP contribution in [0.3, 0.4) is 0 Å². The maximum atomic E-state index is 11.8. The summed E-state index contributed by atoms with van der Waals surface area (Å²) in [6.07, 6.45) is 2.94. The van der Waals surface area contributed by atoms with Crippen molar-refractivity contribution in [1.82, 2.24) is 10.7 Å². The number of halogens is 1. The lowest BCUT2D eigenvalue weighted by atomic mass is 9.98. The average molecular weight is 324 g/mol. The summed E-state index contributed by atoms with van der Waals surface area (Å²) >= 11 is 3.35. The van der Waals surface area contributed by atoms with E-state index in [1.807, 2.05) is 24.3 Å². The molecule has 2 N–H and O–H groups in total. The summed E-state index contributed by atoms with van der Waals surface area (Å²) in [6.45, 7) is 0.643. The molecular weight excluding hydrogens is 310 g/mol. The van der Waals surface area contributed by atoms with E-state index >= 15 is 0 Å². The SMILES string of the molecule is O=C1NCCC[C@H]1C(=O)N/N=C\c1cccc(Br)c1. The van der Waals surface area contributed by atoms with Gasteiger partial charge in [-0.25, -0.2) is 5.43 Å². The van der Waals surface area contributed by atoms with E-state index in [1.165, 1.54) is 0 Å². The number of hydrogen-bond donors (Lipinski definition) is 2. The second kappa shape index (κ2) is 6.47. The summed E-state index contributed by atoms with van der Waals surface area (Å²) in [7, 11) is 0. The van der Waals surface area contributed by atoms with E-state index in [-0.39, 0.29) is 11.8 Å².